The fourth-order valence-electron chi connectivity index (χ4n) is 2.06. The third-order valence-corrected chi connectivity index (χ3v) is 3.68. The zero-order valence-electron chi connectivity index (χ0n) is 11.1. The summed E-state index contributed by atoms with van der Waals surface area (Å²) in [7, 11) is 0. The van der Waals surface area contributed by atoms with Crippen molar-refractivity contribution in [2.75, 3.05) is 6.54 Å². The molecule has 1 nitrogen and oxygen atoms in total. The molecule has 2 aromatic rings. The lowest BCUT2D eigenvalue weighted by Gasteiger charge is -2.20. The molecule has 0 bridgehead atoms. The molecule has 1 atom stereocenters. The molecule has 2 rings (SSSR count). The quantitative estimate of drug-likeness (QED) is 0.614. The molecule has 0 aliphatic carbocycles. The van der Waals surface area contributed by atoms with E-state index in [1.165, 1.54) is 12.1 Å². The second-order valence-corrected chi connectivity index (χ2v) is 5.31. The summed E-state index contributed by atoms with van der Waals surface area (Å²) in [6.07, 6.45) is 0. The minimum Gasteiger partial charge on any atom is -0.306 e. The number of halogens is 5. The molecular weight excluding hydrogens is 350 g/mol. The molecule has 1 unspecified atom stereocenters. The summed E-state index contributed by atoms with van der Waals surface area (Å²) >= 11 is 3.03. The molecule has 0 aromatic heterocycles. The van der Waals surface area contributed by atoms with Crippen LogP contribution < -0.4 is 5.32 Å². The van der Waals surface area contributed by atoms with Gasteiger partial charge in [0.05, 0.1) is 10.5 Å². The maximum Gasteiger partial charge on any atom is 0.161 e. The molecule has 0 fully saturated rings. The van der Waals surface area contributed by atoms with Gasteiger partial charge in [-0.1, -0.05) is 13.0 Å². The Morgan fingerprint density at radius 1 is 0.952 bits per heavy atom. The fraction of sp³-hybridized carbons (Fsp3) is 0.200. The third kappa shape index (κ3) is 3.44. The van der Waals surface area contributed by atoms with Crippen molar-refractivity contribution < 1.29 is 17.6 Å². The number of benzene rings is 2. The smallest absolute Gasteiger partial charge is 0.161 e. The molecule has 0 amide bonds. The van der Waals surface area contributed by atoms with Crippen LogP contribution in [0.25, 0.3) is 0 Å². The fourth-order valence-corrected chi connectivity index (χ4v) is 2.31. The van der Waals surface area contributed by atoms with Crippen LogP contribution in [0.1, 0.15) is 24.1 Å². The van der Waals surface area contributed by atoms with Gasteiger partial charge in [0.2, 0.25) is 0 Å². The standard InChI is InChI=1S/C15H12BrF4N/c1-2-21-15(8-3-4-10(16)12(18)5-8)9-6-13(19)14(20)7-11(9)17/h3-7,15,21H,2H2,1H3. The van der Waals surface area contributed by atoms with Gasteiger partial charge in [-0.25, -0.2) is 17.6 Å². The molecule has 0 heterocycles. The predicted molar refractivity (Wildman–Crippen MR) is 75.9 cm³/mol. The molecule has 1 N–H and O–H groups in total. The van der Waals surface area contributed by atoms with Gasteiger partial charge in [0.15, 0.2) is 11.6 Å². The van der Waals surface area contributed by atoms with Gasteiger partial charge in [0.1, 0.15) is 11.6 Å². The molecule has 0 saturated carbocycles. The third-order valence-electron chi connectivity index (χ3n) is 3.04. The van der Waals surface area contributed by atoms with Crippen molar-refractivity contribution in [3.63, 3.8) is 0 Å². The summed E-state index contributed by atoms with van der Waals surface area (Å²) < 4.78 is 54.2. The summed E-state index contributed by atoms with van der Waals surface area (Å²) in [5, 5.41) is 2.94. The van der Waals surface area contributed by atoms with E-state index in [1.807, 2.05) is 0 Å². The summed E-state index contributed by atoms with van der Waals surface area (Å²) in [5.74, 6) is -3.80. The van der Waals surface area contributed by atoms with Crippen molar-refractivity contribution in [2.24, 2.45) is 0 Å². The molecule has 0 aliphatic heterocycles. The van der Waals surface area contributed by atoms with Crippen molar-refractivity contribution in [3.05, 3.63) is 69.2 Å². The van der Waals surface area contributed by atoms with E-state index in [1.54, 1.807) is 13.0 Å². The molecule has 0 radical (unpaired) electrons. The van der Waals surface area contributed by atoms with Crippen LogP contribution in [-0.2, 0) is 0 Å². The highest BCUT2D eigenvalue weighted by Gasteiger charge is 2.20. The zero-order chi connectivity index (χ0) is 15.6. The maximum atomic E-state index is 13.9. The lowest BCUT2D eigenvalue weighted by molar-refractivity contribution is 0.480. The summed E-state index contributed by atoms with van der Waals surface area (Å²) in [6.45, 7) is 2.22. The number of hydrogen-bond acceptors (Lipinski definition) is 1. The lowest BCUT2D eigenvalue weighted by Crippen LogP contribution is -2.23. The summed E-state index contributed by atoms with van der Waals surface area (Å²) in [5.41, 5.74) is 0.347. The van der Waals surface area contributed by atoms with E-state index in [0.717, 1.165) is 6.07 Å². The highest BCUT2D eigenvalue weighted by molar-refractivity contribution is 9.10. The molecule has 0 aliphatic rings. The number of nitrogens with one attached hydrogen (secondary N) is 1. The van der Waals surface area contributed by atoms with Crippen molar-refractivity contribution in [1.29, 1.82) is 0 Å². The first-order valence-electron chi connectivity index (χ1n) is 6.26. The van der Waals surface area contributed by atoms with Gasteiger partial charge < -0.3 is 5.32 Å². The first kappa shape index (κ1) is 16.0. The Bertz CT molecular complexity index is 660. The second kappa shape index (κ2) is 6.58. The van der Waals surface area contributed by atoms with Crippen molar-refractivity contribution in [1.82, 2.24) is 5.32 Å². The largest absolute Gasteiger partial charge is 0.306 e. The van der Waals surface area contributed by atoms with Gasteiger partial charge >= 0.3 is 0 Å². The van der Waals surface area contributed by atoms with E-state index in [9.17, 15) is 17.6 Å². The molecule has 6 heteroatoms. The second-order valence-electron chi connectivity index (χ2n) is 4.45. The number of hydrogen-bond donors (Lipinski definition) is 1. The van der Waals surface area contributed by atoms with E-state index < -0.39 is 29.3 Å². The Labute approximate surface area is 128 Å². The first-order valence-corrected chi connectivity index (χ1v) is 7.06. The topological polar surface area (TPSA) is 12.0 Å². The van der Waals surface area contributed by atoms with Crippen molar-refractivity contribution in [3.8, 4) is 0 Å². The van der Waals surface area contributed by atoms with Gasteiger partial charge in [-0.2, -0.15) is 0 Å². The Morgan fingerprint density at radius 2 is 1.62 bits per heavy atom. The molecule has 21 heavy (non-hydrogen) atoms. The lowest BCUT2D eigenvalue weighted by atomic mass is 9.97. The van der Waals surface area contributed by atoms with Crippen molar-refractivity contribution >= 4 is 15.9 Å². The average Bonchev–Trinajstić information content (AvgIpc) is 2.44. The Kier molecular flexibility index (Phi) is 5.00. The van der Waals surface area contributed by atoms with E-state index in [4.69, 9.17) is 0 Å². The summed E-state index contributed by atoms with van der Waals surface area (Å²) in [4.78, 5) is 0. The minimum absolute atomic E-state index is 0.0718. The first-order chi connectivity index (χ1) is 9.93. The molecular formula is C15H12BrF4N. The monoisotopic (exact) mass is 361 g/mol. The van der Waals surface area contributed by atoms with Gasteiger partial charge in [-0.05, 0) is 46.2 Å². The molecule has 2 aromatic carbocycles. The average molecular weight is 362 g/mol. The Morgan fingerprint density at radius 3 is 2.24 bits per heavy atom. The molecule has 0 spiro atoms. The van der Waals surface area contributed by atoms with Crippen LogP contribution in [0.2, 0.25) is 0 Å². The molecule has 0 saturated heterocycles. The van der Waals surface area contributed by atoms with Gasteiger partial charge in [-0.3, -0.25) is 0 Å². The van der Waals surface area contributed by atoms with Gasteiger partial charge in [-0.15, -0.1) is 0 Å². The van der Waals surface area contributed by atoms with E-state index in [0.29, 0.717) is 18.2 Å². The van der Waals surface area contributed by atoms with Gasteiger partial charge in [0.25, 0.3) is 0 Å². The van der Waals surface area contributed by atoms with Crippen LogP contribution in [0.15, 0.2) is 34.8 Å². The Hall–Kier alpha value is -1.40. The van der Waals surface area contributed by atoms with E-state index >= 15 is 0 Å². The predicted octanol–water partition coefficient (Wildman–Crippen LogP) is 4.70. The normalized spacial score (nSPS) is 12.5. The zero-order valence-corrected chi connectivity index (χ0v) is 12.6. The van der Waals surface area contributed by atoms with Crippen LogP contribution >= 0.6 is 15.9 Å². The van der Waals surface area contributed by atoms with Gasteiger partial charge in [0, 0.05) is 11.6 Å². The van der Waals surface area contributed by atoms with Crippen LogP contribution in [-0.4, -0.2) is 6.54 Å². The van der Waals surface area contributed by atoms with Crippen LogP contribution in [0.5, 0.6) is 0 Å². The van der Waals surface area contributed by atoms with Crippen LogP contribution in [0, 0.1) is 23.3 Å². The molecule has 112 valence electrons. The summed E-state index contributed by atoms with van der Waals surface area (Å²) in [6, 6.07) is 4.79. The maximum absolute atomic E-state index is 13.9. The highest BCUT2D eigenvalue weighted by Crippen LogP contribution is 2.28. The van der Waals surface area contributed by atoms with E-state index in [2.05, 4.69) is 21.2 Å². The minimum atomic E-state index is -1.26. The van der Waals surface area contributed by atoms with E-state index in [-0.39, 0.29) is 10.0 Å². The van der Waals surface area contributed by atoms with Crippen LogP contribution in [0.4, 0.5) is 17.6 Å². The van der Waals surface area contributed by atoms with Crippen molar-refractivity contribution in [2.45, 2.75) is 13.0 Å². The SMILES string of the molecule is CCNC(c1ccc(Br)c(F)c1)c1cc(F)c(F)cc1F. The Balaban J connectivity index is 2.52. The number of rotatable bonds is 4. The van der Waals surface area contributed by atoms with Crippen LogP contribution in [0.3, 0.4) is 0 Å². The highest BCUT2D eigenvalue weighted by atomic mass is 79.9.